The van der Waals surface area contributed by atoms with E-state index < -0.39 is 0 Å². The fourth-order valence-electron chi connectivity index (χ4n) is 2.87. The van der Waals surface area contributed by atoms with Gasteiger partial charge in [-0.15, -0.1) is 0 Å². The van der Waals surface area contributed by atoms with E-state index >= 15 is 0 Å². The van der Waals surface area contributed by atoms with Crippen LogP contribution in [0, 0.1) is 13.8 Å². The number of amides is 1. The number of para-hydroxylation sites is 1. The Balaban J connectivity index is 1.90. The Bertz CT molecular complexity index is 924. The molecule has 122 valence electrons. The average Bonchev–Trinajstić information content (AvgIpc) is 2.88. The Labute approximate surface area is 145 Å². The molecule has 5 heteroatoms. The van der Waals surface area contributed by atoms with Gasteiger partial charge in [-0.3, -0.25) is 9.59 Å². The number of carbonyl (C=O) groups excluding carboxylic acids is 2. The summed E-state index contributed by atoms with van der Waals surface area (Å²) in [5.74, 6) is -0.142. The number of nitrogens with one attached hydrogen (secondary N) is 1. The van der Waals surface area contributed by atoms with Gasteiger partial charge >= 0.3 is 0 Å². The van der Waals surface area contributed by atoms with E-state index in [1.54, 1.807) is 22.9 Å². The Morgan fingerprint density at radius 2 is 1.92 bits per heavy atom. The van der Waals surface area contributed by atoms with Crippen LogP contribution in [0.2, 0.25) is 5.02 Å². The molecule has 0 saturated heterocycles. The predicted molar refractivity (Wildman–Crippen MR) is 96.9 cm³/mol. The molecular formula is C19H17ClN2O2. The third kappa shape index (κ3) is 3.05. The summed E-state index contributed by atoms with van der Waals surface area (Å²) in [5, 5.41) is 4.26. The van der Waals surface area contributed by atoms with E-state index in [4.69, 9.17) is 11.6 Å². The molecule has 24 heavy (non-hydrogen) atoms. The van der Waals surface area contributed by atoms with E-state index in [1.165, 1.54) is 0 Å². The minimum Gasteiger partial charge on any atom is -0.337 e. The summed E-state index contributed by atoms with van der Waals surface area (Å²) in [6, 6.07) is 11.2. The topological polar surface area (TPSA) is 51.1 Å². The van der Waals surface area contributed by atoms with E-state index in [-0.39, 0.29) is 12.5 Å². The minimum absolute atomic E-state index is 0.125. The summed E-state index contributed by atoms with van der Waals surface area (Å²) in [7, 11) is 0. The van der Waals surface area contributed by atoms with Crippen LogP contribution in [-0.4, -0.2) is 16.8 Å². The van der Waals surface area contributed by atoms with Gasteiger partial charge in [0.1, 0.15) is 6.54 Å². The molecule has 4 nitrogen and oxygen atoms in total. The lowest BCUT2D eigenvalue weighted by Gasteiger charge is -2.12. The number of aldehydes is 1. The standard InChI is InChI=1S/C19H17ClN2O2/c1-12-4-3-5-13(2)19(12)21-18(24)10-22-9-14(11-23)16-8-15(20)6-7-17(16)22/h3-9,11H,10H2,1-2H3,(H,21,24). The SMILES string of the molecule is Cc1cccc(C)c1NC(=O)Cn1cc(C=O)c2cc(Cl)ccc21. The maximum atomic E-state index is 12.4. The first kappa shape index (κ1) is 16.3. The number of hydrogen-bond acceptors (Lipinski definition) is 2. The number of rotatable bonds is 4. The van der Waals surface area contributed by atoms with Gasteiger partial charge in [-0.05, 0) is 43.2 Å². The molecule has 1 aromatic heterocycles. The number of hydrogen-bond donors (Lipinski definition) is 1. The quantitative estimate of drug-likeness (QED) is 0.717. The predicted octanol–water partition coefficient (Wildman–Crippen LogP) is 4.36. The van der Waals surface area contributed by atoms with Gasteiger partial charge in [0.05, 0.1) is 0 Å². The Morgan fingerprint density at radius 1 is 1.21 bits per heavy atom. The molecule has 0 aliphatic heterocycles. The average molecular weight is 341 g/mol. The molecule has 0 saturated carbocycles. The smallest absolute Gasteiger partial charge is 0.244 e. The van der Waals surface area contributed by atoms with Crippen molar-refractivity contribution in [3.8, 4) is 0 Å². The zero-order chi connectivity index (χ0) is 17.3. The first-order valence-corrected chi connectivity index (χ1v) is 7.97. The largest absolute Gasteiger partial charge is 0.337 e. The molecule has 1 N–H and O–H groups in total. The van der Waals surface area contributed by atoms with Crippen LogP contribution in [0.25, 0.3) is 10.9 Å². The lowest BCUT2D eigenvalue weighted by molar-refractivity contribution is -0.116. The van der Waals surface area contributed by atoms with Crippen LogP contribution in [0.4, 0.5) is 5.69 Å². The lowest BCUT2D eigenvalue weighted by atomic mass is 10.1. The molecule has 1 amide bonds. The molecule has 0 bridgehead atoms. The Hall–Kier alpha value is -2.59. The maximum absolute atomic E-state index is 12.4. The van der Waals surface area contributed by atoms with Crippen LogP contribution >= 0.6 is 11.6 Å². The number of nitrogens with zero attached hydrogens (tertiary/aromatic N) is 1. The van der Waals surface area contributed by atoms with Gasteiger partial charge in [0.2, 0.25) is 5.91 Å². The van der Waals surface area contributed by atoms with Gasteiger partial charge in [0.25, 0.3) is 0 Å². The summed E-state index contributed by atoms with van der Waals surface area (Å²) in [4.78, 5) is 23.7. The fourth-order valence-corrected chi connectivity index (χ4v) is 3.04. The number of carbonyl (C=O) groups is 2. The second-order valence-electron chi connectivity index (χ2n) is 5.81. The number of halogens is 1. The number of aryl methyl sites for hydroxylation is 2. The summed E-state index contributed by atoms with van der Waals surface area (Å²) in [6.07, 6.45) is 2.46. The normalized spacial score (nSPS) is 10.8. The van der Waals surface area contributed by atoms with Gasteiger partial charge in [-0.2, -0.15) is 0 Å². The zero-order valence-corrected chi connectivity index (χ0v) is 14.2. The summed E-state index contributed by atoms with van der Waals surface area (Å²) in [6.45, 7) is 4.04. The molecule has 0 atom stereocenters. The van der Waals surface area contributed by atoms with Gasteiger partial charge in [0.15, 0.2) is 6.29 Å². The van der Waals surface area contributed by atoms with Crippen LogP contribution in [0.3, 0.4) is 0 Å². The van der Waals surface area contributed by atoms with Crippen LogP contribution < -0.4 is 5.32 Å². The molecule has 0 spiro atoms. The molecule has 3 aromatic rings. The Morgan fingerprint density at radius 3 is 2.58 bits per heavy atom. The van der Waals surface area contributed by atoms with Gasteiger partial charge in [-0.1, -0.05) is 29.8 Å². The van der Waals surface area contributed by atoms with Crippen molar-refractivity contribution in [1.82, 2.24) is 4.57 Å². The number of benzene rings is 2. The van der Waals surface area contributed by atoms with Crippen molar-refractivity contribution in [2.75, 3.05) is 5.32 Å². The maximum Gasteiger partial charge on any atom is 0.244 e. The van der Waals surface area contributed by atoms with E-state index in [0.717, 1.165) is 34.0 Å². The monoisotopic (exact) mass is 340 g/mol. The lowest BCUT2D eigenvalue weighted by Crippen LogP contribution is -2.19. The van der Waals surface area contributed by atoms with E-state index in [2.05, 4.69) is 5.32 Å². The highest BCUT2D eigenvalue weighted by atomic mass is 35.5. The second kappa shape index (κ2) is 6.49. The summed E-state index contributed by atoms with van der Waals surface area (Å²) in [5.41, 5.74) is 4.19. The molecule has 0 unspecified atom stereocenters. The van der Waals surface area contributed by atoms with E-state index in [9.17, 15) is 9.59 Å². The third-order valence-electron chi connectivity index (χ3n) is 4.06. The fraction of sp³-hybridized carbons (Fsp3) is 0.158. The van der Waals surface area contributed by atoms with Gasteiger partial charge in [0, 0.05) is 33.4 Å². The van der Waals surface area contributed by atoms with Crippen molar-refractivity contribution in [2.45, 2.75) is 20.4 Å². The summed E-state index contributed by atoms with van der Waals surface area (Å²) < 4.78 is 1.76. The van der Waals surface area contributed by atoms with E-state index in [0.29, 0.717) is 10.6 Å². The molecule has 3 rings (SSSR count). The first-order valence-electron chi connectivity index (χ1n) is 7.59. The van der Waals surface area contributed by atoms with Crippen LogP contribution in [0.1, 0.15) is 21.5 Å². The van der Waals surface area contributed by atoms with Crippen LogP contribution in [0.15, 0.2) is 42.6 Å². The molecule has 2 aromatic carbocycles. The van der Waals surface area contributed by atoms with Gasteiger partial charge in [-0.25, -0.2) is 0 Å². The Kier molecular flexibility index (Phi) is 4.40. The van der Waals surface area contributed by atoms with Crippen LogP contribution in [0.5, 0.6) is 0 Å². The second-order valence-corrected chi connectivity index (χ2v) is 6.24. The van der Waals surface area contributed by atoms with Crippen molar-refractivity contribution in [1.29, 1.82) is 0 Å². The van der Waals surface area contributed by atoms with E-state index in [1.807, 2.05) is 38.1 Å². The highest BCUT2D eigenvalue weighted by Crippen LogP contribution is 2.24. The molecule has 0 aliphatic carbocycles. The van der Waals surface area contributed by atoms with Gasteiger partial charge < -0.3 is 9.88 Å². The van der Waals surface area contributed by atoms with Crippen molar-refractivity contribution in [2.24, 2.45) is 0 Å². The van der Waals surface area contributed by atoms with Crippen molar-refractivity contribution in [3.63, 3.8) is 0 Å². The van der Waals surface area contributed by atoms with Crippen molar-refractivity contribution in [3.05, 3.63) is 64.3 Å². The summed E-state index contributed by atoms with van der Waals surface area (Å²) >= 11 is 6.00. The molecule has 0 radical (unpaired) electrons. The highest BCUT2D eigenvalue weighted by molar-refractivity contribution is 6.31. The first-order chi connectivity index (χ1) is 11.5. The molecular weight excluding hydrogens is 324 g/mol. The van der Waals surface area contributed by atoms with Crippen molar-refractivity contribution < 1.29 is 9.59 Å². The molecule has 1 heterocycles. The highest BCUT2D eigenvalue weighted by Gasteiger charge is 2.13. The number of fused-ring (bicyclic) bond motifs is 1. The van der Waals surface area contributed by atoms with Crippen molar-refractivity contribution >= 4 is 40.4 Å². The third-order valence-corrected chi connectivity index (χ3v) is 4.30. The number of anilines is 1. The minimum atomic E-state index is -0.142. The van der Waals surface area contributed by atoms with Crippen LogP contribution in [-0.2, 0) is 11.3 Å². The molecule has 0 aliphatic rings. The zero-order valence-electron chi connectivity index (χ0n) is 13.5. The number of aromatic nitrogens is 1. The molecule has 0 fully saturated rings.